The van der Waals surface area contributed by atoms with Gasteiger partial charge in [0, 0.05) is 5.56 Å². The van der Waals surface area contributed by atoms with Crippen LogP contribution in [0.15, 0.2) is 42.5 Å². The van der Waals surface area contributed by atoms with Crippen LogP contribution in [0.4, 0.5) is 9.18 Å². The van der Waals surface area contributed by atoms with Crippen molar-refractivity contribution in [2.75, 3.05) is 7.11 Å². The lowest BCUT2D eigenvalue weighted by Crippen LogP contribution is -2.10. The molecule has 0 N–H and O–H groups in total. The highest BCUT2D eigenvalue weighted by molar-refractivity contribution is 5.72. The lowest BCUT2D eigenvalue weighted by atomic mass is 10.00. The fraction of sp³-hybridized carbons (Fsp3) is 0.133. The lowest BCUT2D eigenvalue weighted by molar-refractivity contribution is 0.119. The van der Waals surface area contributed by atoms with E-state index in [2.05, 4.69) is 4.74 Å². The van der Waals surface area contributed by atoms with E-state index in [4.69, 9.17) is 4.74 Å². The highest BCUT2D eigenvalue weighted by Gasteiger charge is 2.16. The molecule has 0 aliphatic carbocycles. The molecule has 0 bridgehead atoms. The summed E-state index contributed by atoms with van der Waals surface area (Å²) in [6.07, 6.45) is -0.938. The van der Waals surface area contributed by atoms with E-state index in [1.54, 1.807) is 13.0 Å². The number of methoxy groups -OCH3 is 1. The second-order valence-corrected chi connectivity index (χ2v) is 3.97. The Balaban J connectivity index is 2.48. The molecule has 0 aliphatic heterocycles. The number of carbonyl (C=O) groups excluding carboxylic acids is 1. The van der Waals surface area contributed by atoms with Gasteiger partial charge < -0.3 is 9.47 Å². The molecule has 0 unspecified atom stereocenters. The van der Waals surface area contributed by atoms with Crippen molar-refractivity contribution in [3.05, 3.63) is 53.8 Å². The van der Waals surface area contributed by atoms with Gasteiger partial charge in [-0.2, -0.15) is 0 Å². The Hall–Kier alpha value is -2.36. The van der Waals surface area contributed by atoms with E-state index in [0.717, 1.165) is 11.1 Å². The van der Waals surface area contributed by atoms with Gasteiger partial charge in [-0.1, -0.05) is 36.4 Å². The van der Waals surface area contributed by atoms with Crippen LogP contribution < -0.4 is 4.74 Å². The molecule has 0 saturated carbocycles. The van der Waals surface area contributed by atoms with E-state index in [-0.39, 0.29) is 5.75 Å². The Morgan fingerprint density at radius 1 is 1.11 bits per heavy atom. The molecular formula is C15H13FO3. The van der Waals surface area contributed by atoms with Crippen molar-refractivity contribution < 1.29 is 18.7 Å². The van der Waals surface area contributed by atoms with Gasteiger partial charge in [-0.25, -0.2) is 9.18 Å². The first kappa shape index (κ1) is 13.1. The van der Waals surface area contributed by atoms with Crippen LogP contribution in [0.5, 0.6) is 5.75 Å². The molecule has 0 aromatic heterocycles. The monoisotopic (exact) mass is 260 g/mol. The highest BCUT2D eigenvalue weighted by Crippen LogP contribution is 2.32. The summed E-state index contributed by atoms with van der Waals surface area (Å²) in [5.41, 5.74) is 2.28. The van der Waals surface area contributed by atoms with E-state index in [0.29, 0.717) is 5.56 Å². The van der Waals surface area contributed by atoms with E-state index in [1.165, 1.54) is 13.2 Å². The molecule has 19 heavy (non-hydrogen) atoms. The molecule has 0 radical (unpaired) electrons. The SMILES string of the molecule is COC(=O)Oc1c(F)ccc(-c2ccccc2)c1C. The fourth-order valence-electron chi connectivity index (χ4n) is 1.84. The second kappa shape index (κ2) is 5.52. The third kappa shape index (κ3) is 2.73. The van der Waals surface area contributed by atoms with Crippen LogP contribution in [0.3, 0.4) is 0 Å². The summed E-state index contributed by atoms with van der Waals surface area (Å²) in [6.45, 7) is 1.70. The quantitative estimate of drug-likeness (QED) is 0.606. The van der Waals surface area contributed by atoms with Crippen molar-refractivity contribution in [2.45, 2.75) is 6.92 Å². The molecular weight excluding hydrogens is 247 g/mol. The van der Waals surface area contributed by atoms with E-state index in [1.807, 2.05) is 30.3 Å². The minimum Gasteiger partial charge on any atom is -0.437 e. The van der Waals surface area contributed by atoms with Crippen molar-refractivity contribution in [3.63, 3.8) is 0 Å². The maximum absolute atomic E-state index is 13.7. The predicted molar refractivity (Wildman–Crippen MR) is 69.6 cm³/mol. The van der Waals surface area contributed by atoms with Gasteiger partial charge in [0.05, 0.1) is 7.11 Å². The first-order valence-corrected chi connectivity index (χ1v) is 5.74. The van der Waals surface area contributed by atoms with Crippen molar-refractivity contribution in [2.24, 2.45) is 0 Å². The first-order chi connectivity index (χ1) is 9.13. The third-order valence-electron chi connectivity index (χ3n) is 2.79. The van der Waals surface area contributed by atoms with Crippen LogP contribution in [0, 0.1) is 12.7 Å². The minimum atomic E-state index is -0.938. The van der Waals surface area contributed by atoms with Crippen LogP contribution in [0.1, 0.15) is 5.56 Å². The molecule has 0 fully saturated rings. The predicted octanol–water partition coefficient (Wildman–Crippen LogP) is 3.95. The van der Waals surface area contributed by atoms with Crippen molar-refractivity contribution in [1.82, 2.24) is 0 Å². The lowest BCUT2D eigenvalue weighted by Gasteiger charge is -2.12. The van der Waals surface area contributed by atoms with Crippen LogP contribution in [-0.2, 0) is 4.74 Å². The molecule has 2 rings (SSSR count). The molecule has 98 valence electrons. The van der Waals surface area contributed by atoms with Gasteiger partial charge in [-0.15, -0.1) is 0 Å². The van der Waals surface area contributed by atoms with Gasteiger partial charge in [0.1, 0.15) is 0 Å². The molecule has 0 amide bonds. The van der Waals surface area contributed by atoms with Gasteiger partial charge in [0.2, 0.25) is 0 Å². The Morgan fingerprint density at radius 3 is 2.42 bits per heavy atom. The molecule has 0 heterocycles. The zero-order valence-corrected chi connectivity index (χ0v) is 10.6. The van der Waals surface area contributed by atoms with Crippen molar-refractivity contribution in [3.8, 4) is 16.9 Å². The third-order valence-corrected chi connectivity index (χ3v) is 2.79. The summed E-state index contributed by atoms with van der Waals surface area (Å²) in [5.74, 6) is -0.698. The molecule has 0 spiro atoms. The van der Waals surface area contributed by atoms with Gasteiger partial charge in [-0.3, -0.25) is 0 Å². The summed E-state index contributed by atoms with van der Waals surface area (Å²) in [7, 11) is 1.18. The summed E-state index contributed by atoms with van der Waals surface area (Å²) in [6, 6.07) is 12.4. The van der Waals surface area contributed by atoms with E-state index >= 15 is 0 Å². The van der Waals surface area contributed by atoms with Crippen molar-refractivity contribution in [1.29, 1.82) is 0 Å². The molecule has 2 aromatic rings. The van der Waals surface area contributed by atoms with Crippen molar-refractivity contribution >= 4 is 6.16 Å². The fourth-order valence-corrected chi connectivity index (χ4v) is 1.84. The molecule has 0 aliphatic rings. The largest absolute Gasteiger partial charge is 0.513 e. The Morgan fingerprint density at radius 2 is 1.79 bits per heavy atom. The van der Waals surface area contributed by atoms with Crippen LogP contribution in [-0.4, -0.2) is 13.3 Å². The van der Waals surface area contributed by atoms with Gasteiger partial charge in [0.25, 0.3) is 0 Å². The number of hydrogen-bond acceptors (Lipinski definition) is 3. The average molecular weight is 260 g/mol. The number of carbonyl (C=O) groups is 1. The molecule has 0 saturated heterocycles. The smallest absolute Gasteiger partial charge is 0.437 e. The standard InChI is InChI=1S/C15H13FO3/c1-10-12(11-6-4-3-5-7-11)8-9-13(16)14(10)19-15(17)18-2/h3-9H,1-2H3. The zero-order chi connectivity index (χ0) is 13.8. The first-order valence-electron chi connectivity index (χ1n) is 5.74. The summed E-state index contributed by atoms with van der Waals surface area (Å²) >= 11 is 0. The number of ether oxygens (including phenoxy) is 2. The topological polar surface area (TPSA) is 35.5 Å². The minimum absolute atomic E-state index is 0.104. The number of rotatable bonds is 2. The molecule has 0 atom stereocenters. The zero-order valence-electron chi connectivity index (χ0n) is 10.6. The summed E-state index contributed by atoms with van der Waals surface area (Å²) in [5, 5.41) is 0. The number of hydrogen-bond donors (Lipinski definition) is 0. The highest BCUT2D eigenvalue weighted by atomic mass is 19.1. The Kier molecular flexibility index (Phi) is 3.80. The van der Waals surface area contributed by atoms with E-state index < -0.39 is 12.0 Å². The van der Waals surface area contributed by atoms with Gasteiger partial charge >= 0.3 is 6.16 Å². The summed E-state index contributed by atoms with van der Waals surface area (Å²) < 4.78 is 22.9. The Labute approximate surface area is 110 Å². The van der Waals surface area contributed by atoms with E-state index in [9.17, 15) is 9.18 Å². The Bertz CT molecular complexity index is 594. The molecule has 3 nitrogen and oxygen atoms in total. The maximum Gasteiger partial charge on any atom is 0.513 e. The molecule has 4 heteroatoms. The van der Waals surface area contributed by atoms with Gasteiger partial charge in [-0.05, 0) is 24.1 Å². The van der Waals surface area contributed by atoms with Crippen LogP contribution in [0.2, 0.25) is 0 Å². The maximum atomic E-state index is 13.7. The second-order valence-electron chi connectivity index (χ2n) is 3.97. The summed E-state index contributed by atoms with van der Waals surface area (Å²) in [4.78, 5) is 11.1. The normalized spacial score (nSPS) is 10.1. The number of benzene rings is 2. The van der Waals surface area contributed by atoms with Crippen LogP contribution >= 0.6 is 0 Å². The van der Waals surface area contributed by atoms with Crippen LogP contribution in [0.25, 0.3) is 11.1 Å². The van der Waals surface area contributed by atoms with Gasteiger partial charge in [0.15, 0.2) is 11.6 Å². The molecule has 2 aromatic carbocycles. The average Bonchev–Trinajstić information content (AvgIpc) is 2.44. The number of halogens is 1.